The van der Waals surface area contributed by atoms with E-state index in [0.717, 1.165) is 18.7 Å². The van der Waals surface area contributed by atoms with E-state index in [1.165, 1.54) is 5.56 Å². The van der Waals surface area contributed by atoms with E-state index in [9.17, 15) is 4.79 Å². The van der Waals surface area contributed by atoms with Crippen LogP contribution in [0.15, 0.2) is 43.0 Å². The predicted molar refractivity (Wildman–Crippen MR) is 85.9 cm³/mol. The van der Waals surface area contributed by atoms with E-state index in [4.69, 9.17) is 4.74 Å². The zero-order valence-corrected chi connectivity index (χ0v) is 13.2. The van der Waals surface area contributed by atoms with Crippen LogP contribution in [0.4, 0.5) is 0 Å². The molecular formula is C17H23N3O2. The van der Waals surface area contributed by atoms with Gasteiger partial charge in [0.05, 0.1) is 6.33 Å². The van der Waals surface area contributed by atoms with Gasteiger partial charge in [0.2, 0.25) is 0 Å². The highest BCUT2D eigenvalue weighted by molar-refractivity contribution is 5.77. The topological polar surface area (TPSA) is 56.1 Å². The first kappa shape index (κ1) is 16.1. The molecule has 0 aliphatic heterocycles. The maximum Gasteiger partial charge on any atom is 0.257 e. The molecule has 2 aromatic rings. The van der Waals surface area contributed by atoms with Gasteiger partial charge >= 0.3 is 0 Å². The Labute approximate surface area is 131 Å². The van der Waals surface area contributed by atoms with Crippen LogP contribution in [0.3, 0.4) is 0 Å². The number of carbonyl (C=O) groups is 1. The summed E-state index contributed by atoms with van der Waals surface area (Å²) in [4.78, 5) is 15.7. The first-order valence-corrected chi connectivity index (χ1v) is 7.60. The van der Waals surface area contributed by atoms with Gasteiger partial charge in [-0.05, 0) is 30.0 Å². The fourth-order valence-electron chi connectivity index (χ4n) is 2.06. The van der Waals surface area contributed by atoms with E-state index in [1.54, 1.807) is 12.5 Å². The molecule has 1 aromatic carbocycles. The molecule has 5 nitrogen and oxygen atoms in total. The molecule has 1 amide bonds. The largest absolute Gasteiger partial charge is 0.484 e. The van der Waals surface area contributed by atoms with Crippen molar-refractivity contribution in [1.29, 1.82) is 0 Å². The molecule has 118 valence electrons. The SMILES string of the molecule is CC(C)c1ccc(OCC(=O)NCCCn2ccnc2)cc1. The van der Waals surface area contributed by atoms with Crippen molar-refractivity contribution in [2.45, 2.75) is 32.7 Å². The number of nitrogens with one attached hydrogen (secondary N) is 1. The molecule has 1 aromatic heterocycles. The third kappa shape index (κ3) is 5.24. The third-order valence-corrected chi connectivity index (χ3v) is 3.39. The Morgan fingerprint density at radius 1 is 1.32 bits per heavy atom. The van der Waals surface area contributed by atoms with Crippen molar-refractivity contribution in [3.8, 4) is 5.75 Å². The zero-order valence-electron chi connectivity index (χ0n) is 13.2. The average Bonchev–Trinajstić information content (AvgIpc) is 3.03. The number of nitrogens with zero attached hydrogens (tertiary/aromatic N) is 2. The molecule has 2 rings (SSSR count). The van der Waals surface area contributed by atoms with Crippen LogP contribution in [-0.4, -0.2) is 28.6 Å². The number of ether oxygens (including phenoxy) is 1. The number of hydrogen-bond donors (Lipinski definition) is 1. The average molecular weight is 301 g/mol. The lowest BCUT2D eigenvalue weighted by atomic mass is 10.0. The maximum absolute atomic E-state index is 11.7. The van der Waals surface area contributed by atoms with Gasteiger partial charge in [0.25, 0.3) is 5.91 Å². The van der Waals surface area contributed by atoms with Crippen molar-refractivity contribution >= 4 is 5.91 Å². The smallest absolute Gasteiger partial charge is 0.257 e. The van der Waals surface area contributed by atoms with Crippen molar-refractivity contribution in [3.63, 3.8) is 0 Å². The van der Waals surface area contributed by atoms with E-state index in [0.29, 0.717) is 12.5 Å². The summed E-state index contributed by atoms with van der Waals surface area (Å²) in [6.45, 7) is 5.82. The molecule has 0 spiro atoms. The van der Waals surface area contributed by atoms with Gasteiger partial charge < -0.3 is 14.6 Å². The van der Waals surface area contributed by atoms with Crippen molar-refractivity contribution in [3.05, 3.63) is 48.5 Å². The number of carbonyl (C=O) groups excluding carboxylic acids is 1. The number of rotatable bonds is 8. The van der Waals surface area contributed by atoms with Crippen molar-refractivity contribution in [1.82, 2.24) is 14.9 Å². The molecular weight excluding hydrogens is 278 g/mol. The summed E-state index contributed by atoms with van der Waals surface area (Å²) in [6.07, 6.45) is 6.29. The normalized spacial score (nSPS) is 10.7. The number of benzene rings is 1. The lowest BCUT2D eigenvalue weighted by Crippen LogP contribution is -2.30. The molecule has 0 saturated heterocycles. The predicted octanol–water partition coefficient (Wildman–Crippen LogP) is 2.59. The monoisotopic (exact) mass is 301 g/mol. The van der Waals surface area contributed by atoms with Crippen LogP contribution >= 0.6 is 0 Å². The van der Waals surface area contributed by atoms with E-state index in [1.807, 2.05) is 35.0 Å². The second kappa shape index (κ2) is 8.22. The van der Waals surface area contributed by atoms with Crippen LogP contribution in [0, 0.1) is 0 Å². The number of hydrogen-bond acceptors (Lipinski definition) is 3. The first-order valence-electron chi connectivity index (χ1n) is 7.60. The highest BCUT2D eigenvalue weighted by Crippen LogP contribution is 2.18. The van der Waals surface area contributed by atoms with E-state index < -0.39 is 0 Å². The van der Waals surface area contributed by atoms with Crippen LogP contribution in [0.1, 0.15) is 31.7 Å². The number of amides is 1. The number of aromatic nitrogens is 2. The summed E-state index contributed by atoms with van der Waals surface area (Å²) in [5, 5.41) is 2.85. The van der Waals surface area contributed by atoms with Crippen LogP contribution in [0.5, 0.6) is 5.75 Å². The number of aryl methyl sites for hydroxylation is 1. The van der Waals surface area contributed by atoms with Gasteiger partial charge in [-0.3, -0.25) is 4.79 Å². The molecule has 0 aliphatic carbocycles. The first-order chi connectivity index (χ1) is 10.6. The van der Waals surface area contributed by atoms with Gasteiger partial charge in [-0.15, -0.1) is 0 Å². The summed E-state index contributed by atoms with van der Waals surface area (Å²) in [6, 6.07) is 7.87. The van der Waals surface area contributed by atoms with Gasteiger partial charge in [-0.1, -0.05) is 26.0 Å². The van der Waals surface area contributed by atoms with Gasteiger partial charge in [0.15, 0.2) is 6.61 Å². The zero-order chi connectivity index (χ0) is 15.8. The molecule has 0 bridgehead atoms. The Balaban J connectivity index is 1.62. The lowest BCUT2D eigenvalue weighted by Gasteiger charge is -2.09. The quantitative estimate of drug-likeness (QED) is 0.763. The van der Waals surface area contributed by atoms with Gasteiger partial charge in [-0.2, -0.15) is 0 Å². The molecule has 22 heavy (non-hydrogen) atoms. The summed E-state index contributed by atoms with van der Waals surface area (Å²) in [5.74, 6) is 1.12. The fraction of sp³-hybridized carbons (Fsp3) is 0.412. The minimum Gasteiger partial charge on any atom is -0.484 e. The van der Waals surface area contributed by atoms with Crippen LogP contribution in [0.25, 0.3) is 0 Å². The number of imidazole rings is 1. The Bertz CT molecular complexity index is 562. The summed E-state index contributed by atoms with van der Waals surface area (Å²) < 4.78 is 7.46. The summed E-state index contributed by atoms with van der Waals surface area (Å²) in [7, 11) is 0. The second-order valence-corrected chi connectivity index (χ2v) is 5.52. The molecule has 0 fully saturated rings. The molecule has 0 radical (unpaired) electrons. The van der Waals surface area contributed by atoms with Crippen LogP contribution < -0.4 is 10.1 Å². The molecule has 0 saturated carbocycles. The molecule has 0 unspecified atom stereocenters. The van der Waals surface area contributed by atoms with E-state index in [-0.39, 0.29) is 12.5 Å². The molecule has 5 heteroatoms. The van der Waals surface area contributed by atoms with Crippen LogP contribution in [0.2, 0.25) is 0 Å². The molecule has 1 N–H and O–H groups in total. The molecule has 0 aliphatic rings. The highest BCUT2D eigenvalue weighted by atomic mass is 16.5. The van der Waals surface area contributed by atoms with Gasteiger partial charge in [0.1, 0.15) is 5.75 Å². The van der Waals surface area contributed by atoms with Crippen LogP contribution in [-0.2, 0) is 11.3 Å². The van der Waals surface area contributed by atoms with Gasteiger partial charge in [0, 0.05) is 25.5 Å². The van der Waals surface area contributed by atoms with Crippen molar-refractivity contribution < 1.29 is 9.53 Å². The minimum absolute atomic E-state index is 0.0477. The maximum atomic E-state index is 11.7. The molecule has 0 atom stereocenters. The van der Waals surface area contributed by atoms with E-state index >= 15 is 0 Å². The van der Waals surface area contributed by atoms with Crippen molar-refractivity contribution in [2.75, 3.05) is 13.2 Å². The second-order valence-electron chi connectivity index (χ2n) is 5.52. The Hall–Kier alpha value is -2.30. The summed E-state index contributed by atoms with van der Waals surface area (Å²) >= 11 is 0. The Morgan fingerprint density at radius 3 is 2.73 bits per heavy atom. The molecule has 1 heterocycles. The van der Waals surface area contributed by atoms with Crippen molar-refractivity contribution in [2.24, 2.45) is 0 Å². The fourth-order valence-corrected chi connectivity index (χ4v) is 2.06. The summed E-state index contributed by atoms with van der Waals surface area (Å²) in [5.41, 5.74) is 1.26. The highest BCUT2D eigenvalue weighted by Gasteiger charge is 2.03. The van der Waals surface area contributed by atoms with Gasteiger partial charge in [-0.25, -0.2) is 4.98 Å². The minimum atomic E-state index is -0.0985. The standard InChI is InChI=1S/C17H23N3O2/c1-14(2)15-4-6-16(7-5-15)22-12-17(21)19-8-3-10-20-11-9-18-13-20/h4-7,9,11,13-14H,3,8,10,12H2,1-2H3,(H,19,21). The lowest BCUT2D eigenvalue weighted by molar-refractivity contribution is -0.123. The Morgan fingerprint density at radius 2 is 2.09 bits per heavy atom. The van der Waals surface area contributed by atoms with E-state index in [2.05, 4.69) is 24.1 Å². The third-order valence-electron chi connectivity index (χ3n) is 3.39. The Kier molecular flexibility index (Phi) is 6.01.